The van der Waals surface area contributed by atoms with Gasteiger partial charge in [0.05, 0.1) is 0 Å². The van der Waals surface area contributed by atoms with Gasteiger partial charge in [0.2, 0.25) is 16.6 Å². The van der Waals surface area contributed by atoms with Crippen molar-refractivity contribution in [3.05, 3.63) is 84.0 Å². The molecule has 31 heavy (non-hydrogen) atoms. The molecule has 2 aromatic carbocycles. The first kappa shape index (κ1) is 25.2. The lowest BCUT2D eigenvalue weighted by Gasteiger charge is -2.30. The van der Waals surface area contributed by atoms with E-state index < -0.39 is 16.6 Å². The first-order valence-corrected chi connectivity index (χ1v) is 17.9. The van der Waals surface area contributed by atoms with Crippen molar-refractivity contribution in [2.24, 2.45) is 0 Å². The van der Waals surface area contributed by atoms with Gasteiger partial charge < -0.3 is 8.85 Å². The van der Waals surface area contributed by atoms with E-state index in [4.69, 9.17) is 8.85 Å². The molecule has 0 fully saturated rings. The summed E-state index contributed by atoms with van der Waals surface area (Å²) in [7, 11) is -3.37. The summed E-state index contributed by atoms with van der Waals surface area (Å²) >= 11 is 0. The molecular weight excluding hydrogens is 412 g/mol. The first-order valence-electron chi connectivity index (χ1n) is 11.1. The molecule has 0 spiro atoms. The largest absolute Gasteiger partial charge is 0.544 e. The molecule has 0 aliphatic heterocycles. The summed E-state index contributed by atoms with van der Waals surface area (Å²) in [6.07, 6.45) is 5.50. The second-order valence-corrected chi connectivity index (χ2v) is 19.5. The van der Waals surface area contributed by atoms with Crippen LogP contribution in [-0.2, 0) is 18.3 Å². The number of hydrogen-bond donors (Lipinski definition) is 0. The predicted octanol–water partition coefficient (Wildman–Crippen LogP) is 7.90. The number of benzene rings is 2. The van der Waals surface area contributed by atoms with Crippen LogP contribution in [0, 0.1) is 0 Å². The van der Waals surface area contributed by atoms with E-state index >= 15 is 0 Å². The van der Waals surface area contributed by atoms with Crippen molar-refractivity contribution in [3.8, 4) is 11.5 Å². The minimum atomic E-state index is -1.68. The first-order chi connectivity index (χ1) is 14.3. The number of allylic oxidation sites excluding steroid dienone is 2. The molecule has 0 saturated carbocycles. The standard InChI is InChI=1S/C27H40O2Si2/c1-11-13-21-19-23(15-17-25(21)28-30(5,6)7)27(3,4)24-16-18-26(29-31(8,9)10)22(20-24)14-12-2/h11-12,15-20H,1-2,13-14H2,3-10H3. The summed E-state index contributed by atoms with van der Waals surface area (Å²) in [4.78, 5) is 0. The van der Waals surface area contributed by atoms with Crippen molar-refractivity contribution in [2.45, 2.75) is 71.4 Å². The topological polar surface area (TPSA) is 18.5 Å². The van der Waals surface area contributed by atoms with Crippen molar-refractivity contribution < 1.29 is 8.85 Å². The molecular formula is C27H40O2Si2. The second kappa shape index (κ2) is 9.62. The molecule has 4 heteroatoms. The third-order valence-corrected chi connectivity index (χ3v) is 6.79. The van der Waals surface area contributed by atoms with Gasteiger partial charge >= 0.3 is 0 Å². The highest BCUT2D eigenvalue weighted by molar-refractivity contribution is 6.70. The zero-order valence-electron chi connectivity index (χ0n) is 20.8. The molecule has 0 heterocycles. The van der Waals surface area contributed by atoms with Gasteiger partial charge in [-0.2, -0.15) is 0 Å². The fourth-order valence-electron chi connectivity index (χ4n) is 3.59. The van der Waals surface area contributed by atoms with Crippen LogP contribution in [0.5, 0.6) is 11.5 Å². The van der Waals surface area contributed by atoms with Crippen molar-refractivity contribution in [3.63, 3.8) is 0 Å². The molecule has 0 bridgehead atoms. The van der Waals surface area contributed by atoms with Gasteiger partial charge in [0, 0.05) is 5.41 Å². The summed E-state index contributed by atoms with van der Waals surface area (Å²) in [5.74, 6) is 1.98. The lowest BCUT2D eigenvalue weighted by molar-refractivity contribution is 0.547. The summed E-state index contributed by atoms with van der Waals surface area (Å²) in [5, 5.41) is 0. The number of hydrogen-bond acceptors (Lipinski definition) is 2. The highest BCUT2D eigenvalue weighted by Crippen LogP contribution is 2.37. The summed E-state index contributed by atoms with van der Waals surface area (Å²) in [6.45, 7) is 25.8. The van der Waals surface area contributed by atoms with E-state index in [1.54, 1.807) is 0 Å². The van der Waals surface area contributed by atoms with Gasteiger partial charge in [0.25, 0.3) is 0 Å². The van der Waals surface area contributed by atoms with Crippen LogP contribution < -0.4 is 8.85 Å². The fourth-order valence-corrected chi connectivity index (χ4v) is 5.31. The van der Waals surface area contributed by atoms with Crippen LogP contribution in [-0.4, -0.2) is 16.6 Å². The van der Waals surface area contributed by atoms with E-state index in [1.807, 2.05) is 12.2 Å². The summed E-state index contributed by atoms with van der Waals surface area (Å²) < 4.78 is 12.7. The Bertz CT molecular complexity index is 856. The maximum Gasteiger partial charge on any atom is 0.242 e. The maximum atomic E-state index is 6.34. The molecule has 0 N–H and O–H groups in total. The van der Waals surface area contributed by atoms with E-state index in [1.165, 1.54) is 22.3 Å². The van der Waals surface area contributed by atoms with E-state index in [9.17, 15) is 0 Å². The molecule has 0 aromatic heterocycles. The molecule has 0 aliphatic rings. The monoisotopic (exact) mass is 452 g/mol. The van der Waals surface area contributed by atoms with Crippen LogP contribution in [0.15, 0.2) is 61.7 Å². The van der Waals surface area contributed by atoms with Gasteiger partial charge in [-0.05, 0) is 86.5 Å². The highest BCUT2D eigenvalue weighted by Gasteiger charge is 2.27. The summed E-state index contributed by atoms with van der Waals surface area (Å²) in [5.41, 5.74) is 4.80. The van der Waals surface area contributed by atoms with Gasteiger partial charge in [-0.3, -0.25) is 0 Å². The lowest BCUT2D eigenvalue weighted by atomic mass is 9.77. The molecule has 0 unspecified atom stereocenters. The van der Waals surface area contributed by atoms with Crippen LogP contribution in [0.3, 0.4) is 0 Å². The van der Waals surface area contributed by atoms with Crippen LogP contribution in [0.25, 0.3) is 0 Å². The molecule has 168 valence electrons. The fraction of sp³-hybridized carbons (Fsp3) is 0.407. The normalized spacial score (nSPS) is 12.4. The van der Waals surface area contributed by atoms with Crippen LogP contribution in [0.1, 0.15) is 36.1 Å². The Morgan fingerprint density at radius 2 is 1.06 bits per heavy atom. The Morgan fingerprint density at radius 1 is 0.710 bits per heavy atom. The van der Waals surface area contributed by atoms with Gasteiger partial charge in [-0.25, -0.2) is 0 Å². The Balaban J connectivity index is 2.50. The zero-order valence-corrected chi connectivity index (χ0v) is 22.8. The molecule has 2 rings (SSSR count). The molecule has 0 radical (unpaired) electrons. The van der Waals surface area contributed by atoms with Crippen molar-refractivity contribution in [2.75, 3.05) is 0 Å². The maximum absolute atomic E-state index is 6.34. The van der Waals surface area contributed by atoms with Crippen LogP contribution >= 0.6 is 0 Å². The third kappa shape index (κ3) is 6.98. The van der Waals surface area contributed by atoms with Crippen molar-refractivity contribution in [1.29, 1.82) is 0 Å². The molecule has 0 saturated heterocycles. The molecule has 0 amide bonds. The van der Waals surface area contributed by atoms with Crippen molar-refractivity contribution in [1.82, 2.24) is 0 Å². The van der Waals surface area contributed by atoms with Crippen molar-refractivity contribution >= 4 is 16.6 Å². The molecule has 2 nitrogen and oxygen atoms in total. The van der Waals surface area contributed by atoms with E-state index in [-0.39, 0.29) is 5.41 Å². The predicted molar refractivity (Wildman–Crippen MR) is 141 cm³/mol. The molecule has 0 aliphatic carbocycles. The van der Waals surface area contributed by atoms with Gasteiger partial charge in [-0.15, -0.1) is 13.2 Å². The van der Waals surface area contributed by atoms with E-state index in [0.29, 0.717) is 0 Å². The quantitative estimate of drug-likeness (QED) is 0.269. The smallest absolute Gasteiger partial charge is 0.242 e. The molecule has 0 atom stereocenters. The minimum Gasteiger partial charge on any atom is -0.544 e. The Morgan fingerprint density at radius 3 is 1.35 bits per heavy atom. The average molecular weight is 453 g/mol. The minimum absolute atomic E-state index is 0.152. The lowest BCUT2D eigenvalue weighted by Crippen LogP contribution is -2.30. The van der Waals surface area contributed by atoms with E-state index in [0.717, 1.165) is 24.3 Å². The number of rotatable bonds is 10. The van der Waals surface area contributed by atoms with Gasteiger partial charge in [0.1, 0.15) is 11.5 Å². The molecule has 2 aromatic rings. The van der Waals surface area contributed by atoms with Gasteiger partial charge in [0.15, 0.2) is 0 Å². The Labute approximate surface area is 192 Å². The third-order valence-electron chi connectivity index (χ3n) is 5.13. The zero-order chi connectivity index (χ0) is 23.4. The highest BCUT2D eigenvalue weighted by atomic mass is 28.4. The van der Waals surface area contributed by atoms with E-state index in [2.05, 4.69) is 103 Å². The Kier molecular flexibility index (Phi) is 7.82. The van der Waals surface area contributed by atoms with Gasteiger partial charge in [-0.1, -0.05) is 50.3 Å². The Hall–Kier alpha value is -2.05. The SMILES string of the molecule is C=CCc1cc(C(C)(C)c2ccc(O[Si](C)(C)C)c(CC=C)c2)ccc1O[Si](C)(C)C. The average Bonchev–Trinajstić information content (AvgIpc) is 2.62. The van der Waals surface area contributed by atoms with Crippen LogP contribution in [0.4, 0.5) is 0 Å². The second-order valence-electron chi connectivity index (χ2n) is 10.7. The summed E-state index contributed by atoms with van der Waals surface area (Å²) in [6, 6.07) is 13.3. The van der Waals surface area contributed by atoms with Crippen LogP contribution in [0.2, 0.25) is 39.3 Å².